The average Bonchev–Trinajstić information content (AvgIpc) is 2.83. The lowest BCUT2D eigenvalue weighted by atomic mass is 10.1. The number of nitrogens with zero attached hydrogens (tertiary/aromatic N) is 4. The third-order valence-corrected chi connectivity index (χ3v) is 2.79. The van der Waals surface area contributed by atoms with E-state index in [0.29, 0.717) is 12.4 Å². The van der Waals surface area contributed by atoms with Gasteiger partial charge in [0.15, 0.2) is 5.82 Å². The van der Waals surface area contributed by atoms with Crippen LogP contribution in [0.15, 0.2) is 35.9 Å². The van der Waals surface area contributed by atoms with Gasteiger partial charge in [0.2, 0.25) is 0 Å². The molecule has 6 nitrogen and oxygen atoms in total. The summed E-state index contributed by atoms with van der Waals surface area (Å²) in [6, 6.07) is 0. The molecule has 2 aromatic heterocycles. The molecule has 102 valence electrons. The predicted molar refractivity (Wildman–Crippen MR) is 74.2 cm³/mol. The van der Waals surface area contributed by atoms with Gasteiger partial charge in [0.25, 0.3) is 5.56 Å². The number of hydrogen-bond donors (Lipinski definition) is 1. The Bertz CT molecular complexity index is 580. The van der Waals surface area contributed by atoms with Gasteiger partial charge in [0, 0.05) is 43.4 Å². The van der Waals surface area contributed by atoms with Crippen LogP contribution in [0.4, 0.5) is 5.82 Å². The lowest BCUT2D eigenvalue weighted by Crippen LogP contribution is -2.35. The van der Waals surface area contributed by atoms with Crippen molar-refractivity contribution in [2.45, 2.75) is 32.9 Å². The van der Waals surface area contributed by atoms with E-state index in [1.807, 2.05) is 31.5 Å². The Morgan fingerprint density at radius 1 is 1.26 bits per heavy atom. The zero-order valence-corrected chi connectivity index (χ0v) is 11.5. The monoisotopic (exact) mass is 261 g/mol. The number of rotatable bonds is 4. The van der Waals surface area contributed by atoms with Crippen LogP contribution < -0.4 is 10.9 Å². The van der Waals surface area contributed by atoms with Crippen molar-refractivity contribution >= 4 is 5.82 Å². The average molecular weight is 261 g/mol. The summed E-state index contributed by atoms with van der Waals surface area (Å²) in [7, 11) is 0. The standard InChI is InChI=1S/C13H19N5O/c1-13(2,3)18-9-6-16-11(12(18)19)15-5-8-17-7-4-14-10-17/h4,6-7,9-10H,5,8H2,1-3H3,(H,15,16). The Morgan fingerprint density at radius 2 is 2.05 bits per heavy atom. The summed E-state index contributed by atoms with van der Waals surface area (Å²) in [4.78, 5) is 20.3. The van der Waals surface area contributed by atoms with Gasteiger partial charge in [-0.3, -0.25) is 4.79 Å². The Morgan fingerprint density at radius 3 is 2.68 bits per heavy atom. The fraction of sp³-hybridized carbons (Fsp3) is 0.462. The normalized spacial score (nSPS) is 11.5. The van der Waals surface area contributed by atoms with E-state index in [4.69, 9.17) is 0 Å². The molecule has 6 heteroatoms. The highest BCUT2D eigenvalue weighted by molar-refractivity contribution is 5.30. The number of anilines is 1. The summed E-state index contributed by atoms with van der Waals surface area (Å²) in [5.74, 6) is 0.387. The molecule has 0 unspecified atom stereocenters. The molecule has 1 N–H and O–H groups in total. The highest BCUT2D eigenvalue weighted by Crippen LogP contribution is 2.10. The first-order valence-electron chi connectivity index (χ1n) is 6.26. The van der Waals surface area contributed by atoms with E-state index in [0.717, 1.165) is 6.54 Å². The van der Waals surface area contributed by atoms with Crippen molar-refractivity contribution in [1.29, 1.82) is 0 Å². The van der Waals surface area contributed by atoms with Gasteiger partial charge in [-0.2, -0.15) is 0 Å². The minimum Gasteiger partial charge on any atom is -0.364 e. The molecule has 19 heavy (non-hydrogen) atoms. The second-order valence-electron chi connectivity index (χ2n) is 5.35. The van der Waals surface area contributed by atoms with Crippen LogP contribution in [0.2, 0.25) is 0 Å². The second kappa shape index (κ2) is 5.26. The Hall–Kier alpha value is -2.11. The van der Waals surface area contributed by atoms with Gasteiger partial charge in [0.1, 0.15) is 0 Å². The third-order valence-electron chi connectivity index (χ3n) is 2.79. The first-order chi connectivity index (χ1) is 8.98. The van der Waals surface area contributed by atoms with Gasteiger partial charge in [0.05, 0.1) is 6.33 Å². The molecule has 0 aromatic carbocycles. The van der Waals surface area contributed by atoms with Crippen LogP contribution in [-0.4, -0.2) is 25.6 Å². The van der Waals surface area contributed by atoms with E-state index in [1.54, 1.807) is 29.5 Å². The molecule has 0 saturated heterocycles. The molecule has 0 aliphatic rings. The van der Waals surface area contributed by atoms with Crippen molar-refractivity contribution in [2.24, 2.45) is 0 Å². The van der Waals surface area contributed by atoms with Crippen LogP contribution in [-0.2, 0) is 12.1 Å². The summed E-state index contributed by atoms with van der Waals surface area (Å²) in [5.41, 5.74) is -0.346. The van der Waals surface area contributed by atoms with Gasteiger partial charge in [-0.15, -0.1) is 0 Å². The van der Waals surface area contributed by atoms with Crippen LogP contribution >= 0.6 is 0 Å². The molecule has 0 radical (unpaired) electrons. The number of nitrogens with one attached hydrogen (secondary N) is 1. The molecule has 0 bridgehead atoms. The molecule has 0 atom stereocenters. The molecule has 0 fully saturated rings. The van der Waals surface area contributed by atoms with E-state index in [1.165, 1.54) is 0 Å². The van der Waals surface area contributed by atoms with E-state index in [-0.39, 0.29) is 11.1 Å². The second-order valence-corrected chi connectivity index (χ2v) is 5.35. The van der Waals surface area contributed by atoms with E-state index in [2.05, 4.69) is 15.3 Å². The Labute approximate surface area is 112 Å². The maximum absolute atomic E-state index is 12.2. The highest BCUT2D eigenvalue weighted by Gasteiger charge is 2.16. The SMILES string of the molecule is CC(C)(C)n1ccnc(NCCn2ccnc2)c1=O. The first kappa shape index (κ1) is 13.3. The molecular weight excluding hydrogens is 242 g/mol. The number of imidazole rings is 1. The maximum Gasteiger partial charge on any atom is 0.293 e. The highest BCUT2D eigenvalue weighted by atomic mass is 16.1. The van der Waals surface area contributed by atoms with Crippen molar-refractivity contribution in [3.05, 3.63) is 41.5 Å². The zero-order chi connectivity index (χ0) is 13.9. The van der Waals surface area contributed by atoms with Crippen molar-refractivity contribution in [1.82, 2.24) is 19.1 Å². The topological polar surface area (TPSA) is 64.7 Å². The van der Waals surface area contributed by atoms with Gasteiger partial charge >= 0.3 is 0 Å². The maximum atomic E-state index is 12.2. The fourth-order valence-corrected chi connectivity index (χ4v) is 1.78. The lowest BCUT2D eigenvalue weighted by Gasteiger charge is -2.22. The largest absolute Gasteiger partial charge is 0.364 e. The van der Waals surface area contributed by atoms with Gasteiger partial charge in [-0.05, 0) is 20.8 Å². The van der Waals surface area contributed by atoms with Crippen LogP contribution in [0.3, 0.4) is 0 Å². The van der Waals surface area contributed by atoms with Crippen LogP contribution in [0.1, 0.15) is 20.8 Å². The molecule has 2 heterocycles. The zero-order valence-electron chi connectivity index (χ0n) is 11.5. The van der Waals surface area contributed by atoms with Crippen molar-refractivity contribution < 1.29 is 0 Å². The molecular formula is C13H19N5O. The van der Waals surface area contributed by atoms with Gasteiger partial charge in [-0.25, -0.2) is 9.97 Å². The van der Waals surface area contributed by atoms with E-state index in [9.17, 15) is 4.79 Å². The summed E-state index contributed by atoms with van der Waals surface area (Å²) in [5, 5.41) is 3.07. The quantitative estimate of drug-likeness (QED) is 0.901. The predicted octanol–water partition coefficient (Wildman–Crippen LogP) is 1.31. The Balaban J connectivity index is 2.07. The van der Waals surface area contributed by atoms with Gasteiger partial charge < -0.3 is 14.5 Å². The minimum absolute atomic E-state index is 0.0966. The van der Waals surface area contributed by atoms with Gasteiger partial charge in [-0.1, -0.05) is 0 Å². The van der Waals surface area contributed by atoms with Crippen LogP contribution in [0, 0.1) is 0 Å². The first-order valence-corrected chi connectivity index (χ1v) is 6.26. The van der Waals surface area contributed by atoms with E-state index < -0.39 is 0 Å². The molecule has 0 saturated carbocycles. The molecule has 2 rings (SSSR count). The van der Waals surface area contributed by atoms with E-state index >= 15 is 0 Å². The van der Waals surface area contributed by atoms with Crippen LogP contribution in [0.25, 0.3) is 0 Å². The number of aromatic nitrogens is 4. The Kier molecular flexibility index (Phi) is 3.69. The lowest BCUT2D eigenvalue weighted by molar-refractivity contribution is 0.383. The van der Waals surface area contributed by atoms with Crippen molar-refractivity contribution in [3.63, 3.8) is 0 Å². The molecule has 2 aromatic rings. The molecule has 0 aliphatic heterocycles. The molecule has 0 aliphatic carbocycles. The minimum atomic E-state index is -0.249. The third kappa shape index (κ3) is 3.21. The number of hydrogen-bond acceptors (Lipinski definition) is 4. The van der Waals surface area contributed by atoms with Crippen molar-refractivity contribution in [2.75, 3.05) is 11.9 Å². The fourth-order valence-electron chi connectivity index (χ4n) is 1.78. The molecule has 0 spiro atoms. The summed E-state index contributed by atoms with van der Waals surface area (Å²) in [6.45, 7) is 7.34. The van der Waals surface area contributed by atoms with Crippen LogP contribution in [0.5, 0.6) is 0 Å². The summed E-state index contributed by atoms with van der Waals surface area (Å²) in [6.07, 6.45) is 8.71. The molecule has 0 amide bonds. The van der Waals surface area contributed by atoms with Crippen molar-refractivity contribution in [3.8, 4) is 0 Å². The summed E-state index contributed by atoms with van der Waals surface area (Å²) < 4.78 is 3.62. The smallest absolute Gasteiger partial charge is 0.293 e. The summed E-state index contributed by atoms with van der Waals surface area (Å²) >= 11 is 0.